The Morgan fingerprint density at radius 2 is 2.05 bits per heavy atom. The van der Waals surface area contributed by atoms with E-state index in [1.54, 1.807) is 0 Å². The number of rotatable bonds is 5. The van der Waals surface area contributed by atoms with Crippen LogP contribution in [-0.4, -0.2) is 15.6 Å². The third-order valence-electron chi connectivity index (χ3n) is 3.26. The predicted molar refractivity (Wildman–Crippen MR) is 76.5 cm³/mol. The van der Waals surface area contributed by atoms with Crippen molar-refractivity contribution in [1.29, 1.82) is 0 Å². The molecule has 1 aromatic heterocycles. The average molecular weight is 256 g/mol. The number of Topliss-reactive ketones (excluding diaryl/α,β-unsaturated/α-hetero) is 1. The fourth-order valence-corrected chi connectivity index (χ4v) is 2.19. The number of aryl methyl sites for hydroxylation is 3. The molecule has 0 spiro atoms. The minimum atomic E-state index is 0.154. The van der Waals surface area contributed by atoms with Crippen molar-refractivity contribution in [2.75, 3.05) is 0 Å². The second-order valence-corrected chi connectivity index (χ2v) is 4.77. The average Bonchev–Trinajstić information content (AvgIpc) is 2.81. The van der Waals surface area contributed by atoms with E-state index in [0.717, 1.165) is 35.5 Å². The Bertz CT molecular complexity index is 584. The van der Waals surface area contributed by atoms with Crippen LogP contribution in [-0.2, 0) is 19.4 Å². The molecule has 2 aromatic rings. The van der Waals surface area contributed by atoms with Gasteiger partial charge >= 0.3 is 0 Å². The van der Waals surface area contributed by atoms with Crippen molar-refractivity contribution in [2.45, 2.75) is 40.2 Å². The zero-order valence-corrected chi connectivity index (χ0v) is 11.8. The minimum absolute atomic E-state index is 0.154. The zero-order chi connectivity index (χ0) is 13.8. The summed E-state index contributed by atoms with van der Waals surface area (Å²) in [6, 6.07) is 9.79. The summed E-state index contributed by atoms with van der Waals surface area (Å²) in [6.45, 7) is 6.93. The lowest BCUT2D eigenvalue weighted by Gasteiger charge is -2.04. The molecule has 3 nitrogen and oxygen atoms in total. The summed E-state index contributed by atoms with van der Waals surface area (Å²) in [5.41, 5.74) is 3.95. The molecule has 1 heterocycles. The van der Waals surface area contributed by atoms with Gasteiger partial charge in [0, 0.05) is 17.8 Å². The highest BCUT2D eigenvalue weighted by molar-refractivity contribution is 5.97. The van der Waals surface area contributed by atoms with Gasteiger partial charge in [0.25, 0.3) is 0 Å². The van der Waals surface area contributed by atoms with E-state index in [1.165, 1.54) is 0 Å². The lowest BCUT2D eigenvalue weighted by atomic mass is 10.0. The molecule has 2 rings (SSSR count). The van der Waals surface area contributed by atoms with E-state index in [1.807, 2.05) is 48.9 Å². The molecule has 0 atom stereocenters. The van der Waals surface area contributed by atoms with E-state index >= 15 is 0 Å². The van der Waals surface area contributed by atoms with Crippen LogP contribution < -0.4 is 0 Å². The Balaban J connectivity index is 2.21. The largest absolute Gasteiger partial charge is 0.294 e. The number of ketones is 1. The summed E-state index contributed by atoms with van der Waals surface area (Å²) >= 11 is 0. The van der Waals surface area contributed by atoms with Crippen LogP contribution in [0.3, 0.4) is 0 Å². The Morgan fingerprint density at radius 1 is 1.26 bits per heavy atom. The molecule has 0 radical (unpaired) electrons. The first-order chi connectivity index (χ1) is 9.13. The maximum Gasteiger partial charge on any atom is 0.168 e. The molecule has 1 aromatic carbocycles. The topological polar surface area (TPSA) is 34.9 Å². The molecule has 0 N–H and O–H groups in total. The van der Waals surface area contributed by atoms with Crippen molar-refractivity contribution in [3.05, 3.63) is 52.8 Å². The highest BCUT2D eigenvalue weighted by Crippen LogP contribution is 2.11. The van der Waals surface area contributed by atoms with E-state index < -0.39 is 0 Å². The molecule has 0 saturated heterocycles. The van der Waals surface area contributed by atoms with Crippen LogP contribution in [0.25, 0.3) is 0 Å². The van der Waals surface area contributed by atoms with Crippen molar-refractivity contribution in [3.63, 3.8) is 0 Å². The number of nitrogens with zero attached hydrogens (tertiary/aromatic N) is 2. The molecule has 0 aliphatic rings. The van der Waals surface area contributed by atoms with Gasteiger partial charge in [-0.1, -0.05) is 30.7 Å². The van der Waals surface area contributed by atoms with Gasteiger partial charge in [0.15, 0.2) is 5.78 Å². The lowest BCUT2D eigenvalue weighted by molar-refractivity contribution is 0.0990. The van der Waals surface area contributed by atoms with Gasteiger partial charge in [0.05, 0.1) is 12.1 Å². The highest BCUT2D eigenvalue weighted by atomic mass is 16.1. The normalized spacial score (nSPS) is 10.7. The van der Waals surface area contributed by atoms with Crippen molar-refractivity contribution in [3.8, 4) is 0 Å². The third kappa shape index (κ3) is 3.11. The monoisotopic (exact) mass is 256 g/mol. The van der Waals surface area contributed by atoms with Gasteiger partial charge in [-0.15, -0.1) is 0 Å². The van der Waals surface area contributed by atoms with Gasteiger partial charge in [0.2, 0.25) is 0 Å². The Hall–Kier alpha value is -1.90. The van der Waals surface area contributed by atoms with Crippen molar-refractivity contribution >= 4 is 5.78 Å². The first kappa shape index (κ1) is 13.5. The summed E-state index contributed by atoms with van der Waals surface area (Å²) in [6.07, 6.45) is 1.32. The van der Waals surface area contributed by atoms with Gasteiger partial charge in [-0.05, 0) is 32.4 Å². The Kier molecular flexibility index (Phi) is 4.15. The highest BCUT2D eigenvalue weighted by Gasteiger charge is 2.12. The second-order valence-electron chi connectivity index (χ2n) is 4.77. The molecular weight excluding hydrogens is 236 g/mol. The number of aromatic nitrogens is 2. The summed E-state index contributed by atoms with van der Waals surface area (Å²) in [4.78, 5) is 12.3. The predicted octanol–water partition coefficient (Wildman–Crippen LogP) is 3.20. The Morgan fingerprint density at radius 3 is 2.68 bits per heavy atom. The van der Waals surface area contributed by atoms with Gasteiger partial charge in [-0.3, -0.25) is 9.48 Å². The molecule has 100 valence electrons. The molecule has 19 heavy (non-hydrogen) atoms. The van der Waals surface area contributed by atoms with E-state index in [4.69, 9.17) is 0 Å². The number of carbonyl (C=O) groups excluding carboxylic acids is 1. The standard InChI is InChI=1S/C16H20N2O/c1-4-14-10-15(18(5-2)17-14)11-16(19)13-8-6-7-12(3)9-13/h6-10H,4-5,11H2,1-3H3. The molecule has 0 unspecified atom stereocenters. The fourth-order valence-electron chi connectivity index (χ4n) is 2.19. The van der Waals surface area contributed by atoms with Crippen LogP contribution in [0.2, 0.25) is 0 Å². The molecule has 3 heteroatoms. The molecule has 0 saturated carbocycles. The van der Waals surface area contributed by atoms with Crippen LogP contribution in [0.4, 0.5) is 0 Å². The van der Waals surface area contributed by atoms with E-state index in [-0.39, 0.29) is 5.78 Å². The van der Waals surface area contributed by atoms with Crippen LogP contribution in [0.15, 0.2) is 30.3 Å². The second kappa shape index (κ2) is 5.83. The number of benzene rings is 1. The summed E-state index contributed by atoms with van der Waals surface area (Å²) in [5, 5.41) is 4.48. The van der Waals surface area contributed by atoms with Gasteiger partial charge < -0.3 is 0 Å². The van der Waals surface area contributed by atoms with Crippen LogP contribution in [0.1, 0.15) is 41.2 Å². The van der Waals surface area contributed by atoms with Crippen LogP contribution >= 0.6 is 0 Å². The molecule has 0 aliphatic carbocycles. The minimum Gasteiger partial charge on any atom is -0.294 e. The lowest BCUT2D eigenvalue weighted by Crippen LogP contribution is -2.09. The molecular formula is C16H20N2O. The molecule has 0 bridgehead atoms. The van der Waals surface area contributed by atoms with E-state index in [0.29, 0.717) is 6.42 Å². The number of hydrogen-bond donors (Lipinski definition) is 0. The van der Waals surface area contributed by atoms with E-state index in [2.05, 4.69) is 12.0 Å². The van der Waals surface area contributed by atoms with Crippen molar-refractivity contribution < 1.29 is 4.79 Å². The molecule has 0 fully saturated rings. The van der Waals surface area contributed by atoms with Gasteiger partial charge in [0.1, 0.15) is 0 Å². The quantitative estimate of drug-likeness (QED) is 0.770. The maximum atomic E-state index is 12.3. The molecule has 0 aliphatic heterocycles. The van der Waals surface area contributed by atoms with Crippen molar-refractivity contribution in [2.24, 2.45) is 0 Å². The number of carbonyl (C=O) groups is 1. The summed E-state index contributed by atoms with van der Waals surface area (Å²) in [7, 11) is 0. The van der Waals surface area contributed by atoms with Crippen LogP contribution in [0, 0.1) is 6.92 Å². The fraction of sp³-hybridized carbons (Fsp3) is 0.375. The Labute approximate surface area is 114 Å². The van der Waals surface area contributed by atoms with Crippen molar-refractivity contribution in [1.82, 2.24) is 9.78 Å². The number of hydrogen-bond acceptors (Lipinski definition) is 2. The summed E-state index contributed by atoms with van der Waals surface area (Å²) in [5.74, 6) is 0.154. The SMILES string of the molecule is CCc1cc(CC(=O)c2cccc(C)c2)n(CC)n1. The first-order valence-corrected chi connectivity index (χ1v) is 6.79. The summed E-state index contributed by atoms with van der Waals surface area (Å²) < 4.78 is 1.92. The first-order valence-electron chi connectivity index (χ1n) is 6.79. The maximum absolute atomic E-state index is 12.3. The smallest absolute Gasteiger partial charge is 0.168 e. The van der Waals surface area contributed by atoms with Gasteiger partial charge in [-0.2, -0.15) is 5.10 Å². The zero-order valence-electron chi connectivity index (χ0n) is 11.8. The van der Waals surface area contributed by atoms with Gasteiger partial charge in [-0.25, -0.2) is 0 Å². The van der Waals surface area contributed by atoms with E-state index in [9.17, 15) is 4.79 Å². The van der Waals surface area contributed by atoms with Crippen LogP contribution in [0.5, 0.6) is 0 Å². The third-order valence-corrected chi connectivity index (χ3v) is 3.26. The molecule has 0 amide bonds.